The Morgan fingerprint density at radius 3 is 1.79 bits per heavy atom. The van der Waals surface area contributed by atoms with Gasteiger partial charge in [-0.3, -0.25) is 24.2 Å². The Morgan fingerprint density at radius 1 is 0.816 bits per heavy atom. The number of allylic oxidation sites excluding steroid dienone is 1. The molecule has 3 aromatic carbocycles. The summed E-state index contributed by atoms with van der Waals surface area (Å²) in [6.07, 6.45) is -0.844. The normalized spacial score (nSPS) is 22.3. The monoisotopic (exact) mass is 528 g/mol. The predicted octanol–water partition coefficient (Wildman–Crippen LogP) is 3.63. The molecule has 1 fully saturated rings. The highest BCUT2D eigenvalue weighted by Gasteiger charge is 2.64. The third kappa shape index (κ3) is 3.44. The van der Waals surface area contributed by atoms with Gasteiger partial charge in [0, 0.05) is 5.92 Å². The largest absolute Gasteiger partial charge is 0.488 e. The molecule has 190 valence electrons. The number of halogens is 1. The number of amides is 3. The van der Waals surface area contributed by atoms with Gasteiger partial charge in [0.1, 0.15) is 23.9 Å². The number of carbonyl (C=O) groups excluding carboxylic acids is 3. The van der Waals surface area contributed by atoms with Crippen molar-refractivity contribution in [1.29, 1.82) is 0 Å². The summed E-state index contributed by atoms with van der Waals surface area (Å²) in [5.74, 6) is -4.03. The van der Waals surface area contributed by atoms with Crippen LogP contribution in [0.25, 0.3) is 0 Å². The Balaban J connectivity index is 1.51. The minimum atomic E-state index is -1.38. The maximum atomic E-state index is 13.6. The minimum absolute atomic E-state index is 0.0496. The first kappa shape index (κ1) is 23.9. The molecule has 1 saturated heterocycles. The van der Waals surface area contributed by atoms with Crippen LogP contribution in [0.3, 0.4) is 0 Å². The number of carbonyl (C=O) groups is 4. The quantitative estimate of drug-likeness (QED) is 0.298. The van der Waals surface area contributed by atoms with Crippen molar-refractivity contribution in [2.45, 2.75) is 24.1 Å². The summed E-state index contributed by atoms with van der Waals surface area (Å²) in [5.41, 5.74) is 1.75. The standard InChI is InChI=1S/C29H21ClN2O6/c30-15-20-22(29(36)37)31-23(24(28(31)35)32-26(33)18-13-7-8-14-19(18)27(32)34)25(38-20)21(16-9-3-1-4-10-16)17-11-5-2-6-12-17/h1-14,21,23-25H,15H2,(H,36,37)/t23-,24-,25?/m0/s1. The highest BCUT2D eigenvalue weighted by Crippen LogP contribution is 2.46. The highest BCUT2D eigenvalue weighted by molar-refractivity contribution is 6.24. The minimum Gasteiger partial charge on any atom is -0.488 e. The molecule has 3 amide bonds. The Bertz CT molecular complexity index is 1430. The number of nitrogens with zero attached hydrogens (tertiary/aromatic N) is 2. The van der Waals surface area contributed by atoms with Crippen LogP contribution in [0.5, 0.6) is 0 Å². The highest BCUT2D eigenvalue weighted by atomic mass is 35.5. The molecule has 3 atom stereocenters. The number of β-lactam (4-membered cyclic amide) rings is 1. The smallest absolute Gasteiger partial charge is 0.356 e. The van der Waals surface area contributed by atoms with Crippen LogP contribution in [0.1, 0.15) is 37.8 Å². The summed E-state index contributed by atoms with van der Waals surface area (Å²) in [5, 5.41) is 10.00. The Kier molecular flexibility index (Phi) is 5.76. The molecule has 1 N–H and O–H groups in total. The molecule has 0 aliphatic carbocycles. The molecule has 38 heavy (non-hydrogen) atoms. The number of alkyl halides is 1. The van der Waals surface area contributed by atoms with E-state index in [1.807, 2.05) is 60.7 Å². The van der Waals surface area contributed by atoms with E-state index in [1.54, 1.807) is 12.1 Å². The van der Waals surface area contributed by atoms with Gasteiger partial charge in [-0.15, -0.1) is 11.6 Å². The molecule has 9 heteroatoms. The second kappa shape index (κ2) is 9.15. The van der Waals surface area contributed by atoms with E-state index in [4.69, 9.17) is 16.3 Å². The van der Waals surface area contributed by atoms with Crippen LogP contribution in [-0.2, 0) is 14.3 Å². The van der Waals surface area contributed by atoms with Crippen LogP contribution in [0.2, 0.25) is 0 Å². The fourth-order valence-electron chi connectivity index (χ4n) is 5.70. The van der Waals surface area contributed by atoms with E-state index >= 15 is 0 Å². The molecule has 3 aromatic rings. The molecule has 1 unspecified atom stereocenters. The average molecular weight is 529 g/mol. The van der Waals surface area contributed by atoms with E-state index in [2.05, 4.69) is 0 Å². The average Bonchev–Trinajstić information content (AvgIpc) is 3.19. The number of carboxylic acid groups (broad SMARTS) is 1. The second-order valence-corrected chi connectivity index (χ2v) is 9.53. The number of aliphatic carboxylic acids is 1. The zero-order chi connectivity index (χ0) is 26.6. The fraction of sp³-hybridized carbons (Fsp3) is 0.172. The van der Waals surface area contributed by atoms with Crippen LogP contribution in [-0.4, -0.2) is 62.7 Å². The third-order valence-corrected chi connectivity index (χ3v) is 7.55. The number of fused-ring (bicyclic) bond motifs is 2. The molecular weight excluding hydrogens is 508 g/mol. The second-order valence-electron chi connectivity index (χ2n) is 9.26. The Hall–Kier alpha value is -4.43. The molecule has 3 heterocycles. The van der Waals surface area contributed by atoms with Gasteiger partial charge < -0.3 is 9.84 Å². The predicted molar refractivity (Wildman–Crippen MR) is 136 cm³/mol. The number of benzene rings is 3. The van der Waals surface area contributed by atoms with Gasteiger partial charge in [-0.05, 0) is 23.3 Å². The van der Waals surface area contributed by atoms with E-state index in [9.17, 15) is 24.3 Å². The number of carboxylic acids is 1. The lowest BCUT2D eigenvalue weighted by molar-refractivity contribution is -0.170. The van der Waals surface area contributed by atoms with Crippen molar-refractivity contribution in [2.75, 3.05) is 5.88 Å². The van der Waals surface area contributed by atoms with Gasteiger partial charge in [-0.25, -0.2) is 4.79 Å². The molecule has 0 spiro atoms. The molecule has 0 aromatic heterocycles. The van der Waals surface area contributed by atoms with Gasteiger partial charge >= 0.3 is 5.97 Å². The van der Waals surface area contributed by atoms with Gasteiger partial charge in [0.25, 0.3) is 17.7 Å². The fourth-order valence-corrected chi connectivity index (χ4v) is 5.89. The lowest BCUT2D eigenvalue weighted by Crippen LogP contribution is -2.77. The number of hydrogen-bond acceptors (Lipinski definition) is 5. The molecule has 0 bridgehead atoms. The van der Waals surface area contributed by atoms with Crippen LogP contribution >= 0.6 is 11.6 Å². The Morgan fingerprint density at radius 2 is 1.32 bits per heavy atom. The lowest BCUT2D eigenvalue weighted by atomic mass is 9.75. The number of hydrogen-bond donors (Lipinski definition) is 1. The molecule has 3 aliphatic rings. The van der Waals surface area contributed by atoms with Crippen LogP contribution < -0.4 is 0 Å². The van der Waals surface area contributed by atoms with Crippen molar-refractivity contribution in [3.63, 3.8) is 0 Å². The van der Waals surface area contributed by atoms with Gasteiger partial charge in [0.2, 0.25) is 0 Å². The van der Waals surface area contributed by atoms with E-state index in [-0.39, 0.29) is 28.5 Å². The zero-order valence-corrected chi connectivity index (χ0v) is 20.6. The van der Waals surface area contributed by atoms with E-state index in [0.717, 1.165) is 20.9 Å². The molecular formula is C29H21ClN2O6. The number of ether oxygens (including phenoxy) is 1. The molecule has 0 radical (unpaired) electrons. The van der Waals surface area contributed by atoms with Gasteiger partial charge in [-0.1, -0.05) is 72.8 Å². The zero-order valence-electron chi connectivity index (χ0n) is 19.9. The van der Waals surface area contributed by atoms with Gasteiger partial charge in [0.05, 0.1) is 17.0 Å². The van der Waals surface area contributed by atoms with E-state index in [1.165, 1.54) is 12.1 Å². The van der Waals surface area contributed by atoms with Gasteiger partial charge in [0.15, 0.2) is 5.70 Å². The van der Waals surface area contributed by atoms with Crippen molar-refractivity contribution in [3.8, 4) is 0 Å². The van der Waals surface area contributed by atoms with Crippen molar-refractivity contribution in [1.82, 2.24) is 9.80 Å². The van der Waals surface area contributed by atoms with Crippen molar-refractivity contribution >= 4 is 35.3 Å². The molecule has 3 aliphatic heterocycles. The lowest BCUT2D eigenvalue weighted by Gasteiger charge is -2.56. The molecule has 0 saturated carbocycles. The number of rotatable bonds is 6. The topological polar surface area (TPSA) is 104 Å². The van der Waals surface area contributed by atoms with Gasteiger partial charge in [-0.2, -0.15) is 0 Å². The van der Waals surface area contributed by atoms with Crippen molar-refractivity contribution in [3.05, 3.63) is 119 Å². The molecule has 6 rings (SSSR count). The maximum absolute atomic E-state index is 13.6. The number of imide groups is 1. The van der Waals surface area contributed by atoms with Crippen LogP contribution in [0.4, 0.5) is 0 Å². The third-order valence-electron chi connectivity index (χ3n) is 7.31. The van der Waals surface area contributed by atoms with Crippen LogP contribution in [0, 0.1) is 0 Å². The summed E-state index contributed by atoms with van der Waals surface area (Å²) in [4.78, 5) is 54.7. The summed E-state index contributed by atoms with van der Waals surface area (Å²) in [6, 6.07) is 23.1. The first-order chi connectivity index (χ1) is 18.4. The molecule has 8 nitrogen and oxygen atoms in total. The summed E-state index contributed by atoms with van der Waals surface area (Å²) in [6.45, 7) is 0. The SMILES string of the molecule is O=C(O)C1=C(CCl)OC(C(c2ccccc2)c2ccccc2)[C@@H]2[C@H](N3C(=O)c4ccccc4C3=O)C(=O)N12. The summed E-state index contributed by atoms with van der Waals surface area (Å²) >= 11 is 6.13. The first-order valence-electron chi connectivity index (χ1n) is 12.0. The maximum Gasteiger partial charge on any atom is 0.356 e. The summed E-state index contributed by atoms with van der Waals surface area (Å²) < 4.78 is 6.32. The first-order valence-corrected chi connectivity index (χ1v) is 12.6. The Labute approximate surface area is 222 Å². The van der Waals surface area contributed by atoms with E-state index < -0.39 is 47.8 Å². The van der Waals surface area contributed by atoms with Crippen molar-refractivity contribution < 1.29 is 29.0 Å². The van der Waals surface area contributed by atoms with Crippen molar-refractivity contribution in [2.24, 2.45) is 0 Å². The van der Waals surface area contributed by atoms with Crippen LogP contribution in [0.15, 0.2) is 96.4 Å². The summed E-state index contributed by atoms with van der Waals surface area (Å²) in [7, 11) is 0. The van der Waals surface area contributed by atoms with E-state index in [0.29, 0.717) is 0 Å².